The van der Waals surface area contributed by atoms with Gasteiger partial charge < -0.3 is 36.0 Å². The Labute approximate surface area is 273 Å². The van der Waals surface area contributed by atoms with Crippen LogP contribution in [0, 0.1) is 0 Å². The number of ether oxygens (including phenoxy) is 1. The Hall–Kier alpha value is -4.66. The molecule has 0 radical (unpaired) electrons. The number of rotatable bonds is 6. The highest BCUT2D eigenvalue weighted by Crippen LogP contribution is 2.20. The van der Waals surface area contributed by atoms with Gasteiger partial charge in [0.15, 0.2) is 0 Å². The lowest BCUT2D eigenvalue weighted by Gasteiger charge is -2.30. The van der Waals surface area contributed by atoms with E-state index < -0.39 is 42.1 Å². The van der Waals surface area contributed by atoms with Gasteiger partial charge in [0.2, 0.25) is 17.7 Å². The van der Waals surface area contributed by atoms with Crippen LogP contribution < -0.4 is 21.3 Å². The maximum atomic E-state index is 13.9. The Morgan fingerprint density at radius 3 is 2.62 bits per heavy atom. The molecule has 3 amide bonds. The van der Waals surface area contributed by atoms with E-state index in [4.69, 9.17) is 4.74 Å². The number of benzene rings is 2. The van der Waals surface area contributed by atoms with Crippen molar-refractivity contribution in [3.8, 4) is 5.69 Å². The van der Waals surface area contributed by atoms with Crippen LogP contribution in [0.4, 0.5) is 0 Å². The molecule has 3 aliphatic heterocycles. The molecule has 14 nitrogen and oxygen atoms in total. The predicted molar refractivity (Wildman–Crippen MR) is 171 cm³/mol. The topological polar surface area (TPSA) is 180 Å². The highest BCUT2D eigenvalue weighted by Gasteiger charge is 2.39. The molecule has 3 aromatic rings. The molecule has 2 aromatic carbocycles. The Morgan fingerprint density at radius 1 is 1.13 bits per heavy atom. The van der Waals surface area contributed by atoms with Gasteiger partial charge in [-0.25, -0.2) is 4.68 Å². The summed E-state index contributed by atoms with van der Waals surface area (Å²) in [7, 11) is 1.65. The monoisotopic (exact) mass is 646 g/mol. The van der Waals surface area contributed by atoms with Crippen molar-refractivity contribution in [2.45, 2.75) is 69.4 Å². The van der Waals surface area contributed by atoms with Gasteiger partial charge >= 0.3 is 5.97 Å². The van der Waals surface area contributed by atoms with E-state index >= 15 is 0 Å². The summed E-state index contributed by atoms with van der Waals surface area (Å²) in [5, 5.41) is 30.3. The normalized spacial score (nSPS) is 23.3. The molecule has 47 heavy (non-hydrogen) atoms. The van der Waals surface area contributed by atoms with E-state index in [0.29, 0.717) is 31.5 Å². The van der Waals surface area contributed by atoms with Crippen molar-refractivity contribution in [1.29, 1.82) is 0 Å². The number of hydrogen-bond acceptors (Lipinski definition) is 9. The van der Waals surface area contributed by atoms with Gasteiger partial charge in [0.1, 0.15) is 23.8 Å². The Bertz CT molecular complexity index is 1530. The van der Waals surface area contributed by atoms with Gasteiger partial charge in [0, 0.05) is 19.1 Å². The fourth-order valence-electron chi connectivity index (χ4n) is 5.80. The van der Waals surface area contributed by atoms with E-state index in [9.17, 15) is 24.3 Å². The van der Waals surface area contributed by atoms with E-state index in [0.717, 1.165) is 16.8 Å². The molecule has 1 fully saturated rings. The molecular weight excluding hydrogens is 604 g/mol. The summed E-state index contributed by atoms with van der Waals surface area (Å²) >= 11 is 0. The summed E-state index contributed by atoms with van der Waals surface area (Å²) in [4.78, 5) is 54.4. The van der Waals surface area contributed by atoms with Gasteiger partial charge in [-0.15, -0.1) is 5.10 Å². The van der Waals surface area contributed by atoms with Crippen LogP contribution in [0.25, 0.3) is 5.69 Å². The molecule has 1 aromatic heterocycles. The molecule has 5 unspecified atom stereocenters. The third kappa shape index (κ3) is 8.78. The quantitative estimate of drug-likeness (QED) is 0.248. The largest absolute Gasteiger partial charge is 0.480 e. The van der Waals surface area contributed by atoms with Gasteiger partial charge in [-0.3, -0.25) is 19.2 Å². The summed E-state index contributed by atoms with van der Waals surface area (Å²) < 4.78 is 7.47. The number of hydrogen-bond donors (Lipinski definition) is 5. The molecule has 0 aliphatic carbocycles. The second kappa shape index (κ2) is 15.8. The van der Waals surface area contributed by atoms with Crippen molar-refractivity contribution in [2.75, 3.05) is 26.7 Å². The van der Waals surface area contributed by atoms with Crippen molar-refractivity contribution < 1.29 is 29.0 Å². The van der Waals surface area contributed by atoms with Crippen LogP contribution in [0.3, 0.4) is 0 Å². The van der Waals surface area contributed by atoms with Crippen LogP contribution in [0.5, 0.6) is 0 Å². The number of carbonyl (C=O) groups is 4. The third-order valence-corrected chi connectivity index (χ3v) is 8.58. The number of nitrogens with one attached hydrogen (secondary N) is 4. The number of aromatic nitrogens is 3. The van der Waals surface area contributed by atoms with Gasteiger partial charge in [-0.1, -0.05) is 47.7 Å². The smallest absolute Gasteiger partial charge is 0.321 e. The highest BCUT2D eigenvalue weighted by molar-refractivity contribution is 5.93. The minimum absolute atomic E-state index is 0.0381. The van der Waals surface area contributed by atoms with E-state index in [1.807, 2.05) is 54.6 Å². The van der Waals surface area contributed by atoms with Crippen LogP contribution >= 0.6 is 0 Å². The van der Waals surface area contributed by atoms with Gasteiger partial charge in [0.25, 0.3) is 0 Å². The summed E-state index contributed by atoms with van der Waals surface area (Å²) in [6.07, 6.45) is 3.44. The molecule has 4 heterocycles. The SMILES string of the molecule is CNC(C)C(=O)NC1COCc2cn(nn2)-c2ccc(cc2)CC(C(=O)O)NCC(Cc2ccccc2)NC(=O)C2CCCN2C1=O. The minimum atomic E-state index is -1.04. The van der Waals surface area contributed by atoms with E-state index in [2.05, 4.69) is 31.6 Å². The average Bonchev–Trinajstić information content (AvgIpc) is 3.76. The third-order valence-electron chi connectivity index (χ3n) is 8.58. The molecule has 3 aliphatic rings. The molecule has 0 saturated carbocycles. The van der Waals surface area contributed by atoms with E-state index in [1.54, 1.807) is 24.9 Å². The minimum Gasteiger partial charge on any atom is -0.480 e. The number of carboxylic acids is 1. The Kier molecular flexibility index (Phi) is 11.3. The molecule has 5 N–H and O–H groups in total. The van der Waals surface area contributed by atoms with E-state index in [1.165, 1.54) is 4.90 Å². The first-order chi connectivity index (χ1) is 22.7. The number of fused-ring (bicyclic) bond motifs is 12. The molecular formula is C33H42N8O6. The van der Waals surface area contributed by atoms with Crippen molar-refractivity contribution in [2.24, 2.45) is 0 Å². The van der Waals surface area contributed by atoms with E-state index in [-0.39, 0.29) is 38.0 Å². The zero-order chi connectivity index (χ0) is 33.3. The second-order valence-electron chi connectivity index (χ2n) is 12.0. The second-order valence-corrected chi connectivity index (χ2v) is 12.0. The van der Waals surface area contributed by atoms with Crippen LogP contribution in [0.2, 0.25) is 0 Å². The maximum Gasteiger partial charge on any atom is 0.321 e. The zero-order valence-corrected chi connectivity index (χ0v) is 26.6. The van der Waals surface area contributed by atoms with Crippen LogP contribution in [-0.2, 0) is 43.4 Å². The fourth-order valence-corrected chi connectivity index (χ4v) is 5.80. The lowest BCUT2D eigenvalue weighted by Crippen LogP contribution is -2.58. The predicted octanol–water partition coefficient (Wildman–Crippen LogP) is 0.194. The number of carbonyl (C=O) groups excluding carboxylic acids is 3. The average molecular weight is 647 g/mol. The first-order valence-electron chi connectivity index (χ1n) is 15.9. The van der Waals surface area contributed by atoms with Gasteiger partial charge in [-0.2, -0.15) is 0 Å². The van der Waals surface area contributed by atoms with Crippen LogP contribution in [0.1, 0.15) is 36.6 Å². The summed E-state index contributed by atoms with van der Waals surface area (Å²) in [5.74, 6) is -2.14. The molecule has 6 rings (SSSR count). The summed E-state index contributed by atoms with van der Waals surface area (Å²) in [6.45, 7) is 2.12. The van der Waals surface area contributed by atoms with Crippen LogP contribution in [-0.4, -0.2) is 106 Å². The van der Waals surface area contributed by atoms with Crippen LogP contribution in [0.15, 0.2) is 60.8 Å². The number of aliphatic carboxylic acids is 1. The number of nitrogens with zero attached hydrogens (tertiary/aromatic N) is 4. The van der Waals surface area contributed by atoms with Crippen molar-refractivity contribution >= 4 is 23.7 Å². The summed E-state index contributed by atoms with van der Waals surface area (Å²) in [5.41, 5.74) is 3.03. The first kappa shape index (κ1) is 33.7. The zero-order valence-electron chi connectivity index (χ0n) is 26.6. The molecule has 14 heteroatoms. The number of amides is 3. The van der Waals surface area contributed by atoms with Crippen molar-refractivity contribution in [1.82, 2.24) is 41.2 Å². The molecule has 5 atom stereocenters. The first-order valence-corrected chi connectivity index (χ1v) is 15.9. The van der Waals surface area contributed by atoms with Gasteiger partial charge in [0.05, 0.1) is 31.1 Å². The lowest BCUT2D eigenvalue weighted by molar-refractivity contribution is -0.143. The molecule has 250 valence electrons. The lowest BCUT2D eigenvalue weighted by atomic mass is 10.0. The molecule has 1 saturated heterocycles. The Balaban J connectivity index is 1.44. The molecule has 0 spiro atoms. The van der Waals surface area contributed by atoms with Crippen molar-refractivity contribution in [3.05, 3.63) is 77.6 Å². The van der Waals surface area contributed by atoms with Gasteiger partial charge in [-0.05, 0) is 62.9 Å². The maximum absolute atomic E-state index is 13.9. The number of carboxylic acid groups (broad SMARTS) is 1. The highest BCUT2D eigenvalue weighted by atomic mass is 16.5. The van der Waals surface area contributed by atoms with Crippen molar-refractivity contribution in [3.63, 3.8) is 0 Å². The fraction of sp³-hybridized carbons (Fsp3) is 0.455. The molecule has 4 bridgehead atoms. The standard InChI is InChI=1S/C33H42N8O6/c1-21(34-2)30(42)37-28-20-47-19-25-18-41(39-38-25)26-12-10-23(11-13-26)16-27(33(45)46)35-17-24(15-22-7-4-3-5-8-22)36-31(43)29-9-6-14-40(29)32(28)44/h3-5,7-8,10-13,18,21,24,27-29,34-35H,6,9,14-17,19-20H2,1-2H3,(H,36,43)(H,37,42)(H,45,46). The Morgan fingerprint density at radius 2 is 1.89 bits per heavy atom. The number of likely N-dealkylation sites (N-methyl/N-ethyl adjacent to an activating group) is 1. The summed E-state index contributed by atoms with van der Waals surface area (Å²) in [6, 6.07) is 13.2.